The maximum absolute atomic E-state index is 5.43. The number of nitrogens with one attached hydrogen (secondary N) is 1. The van der Waals surface area contributed by atoms with Crippen LogP contribution in [-0.4, -0.2) is 23.6 Å². The molecule has 0 amide bonds. The molecule has 0 fully saturated rings. The summed E-state index contributed by atoms with van der Waals surface area (Å²) >= 11 is 0. The summed E-state index contributed by atoms with van der Waals surface area (Å²) < 4.78 is 10.6. The molecule has 0 spiro atoms. The highest BCUT2D eigenvalue weighted by Gasteiger charge is 2.14. The van der Waals surface area contributed by atoms with Crippen LogP contribution < -0.4 is 10.1 Å². The lowest BCUT2D eigenvalue weighted by molar-refractivity contribution is 0.397. The molecule has 0 radical (unpaired) electrons. The van der Waals surface area contributed by atoms with Gasteiger partial charge in [0.05, 0.1) is 19.9 Å². The number of hydrogen-bond acceptors (Lipinski definition) is 5. The first-order valence-corrected chi connectivity index (χ1v) is 5.49. The molecule has 5 heteroatoms. The van der Waals surface area contributed by atoms with Gasteiger partial charge in [-0.3, -0.25) is 0 Å². The van der Waals surface area contributed by atoms with Crippen LogP contribution in [0.5, 0.6) is 5.88 Å². The summed E-state index contributed by atoms with van der Waals surface area (Å²) in [5.74, 6) is 1.34. The van der Waals surface area contributed by atoms with E-state index in [1.165, 1.54) is 0 Å². The van der Waals surface area contributed by atoms with Crippen molar-refractivity contribution in [3.8, 4) is 17.1 Å². The molecular formula is C12H15N3O2. The van der Waals surface area contributed by atoms with Crippen LogP contribution in [0.3, 0.4) is 0 Å². The third kappa shape index (κ3) is 2.45. The molecule has 0 unspecified atom stereocenters. The third-order valence-electron chi connectivity index (χ3n) is 2.39. The van der Waals surface area contributed by atoms with Crippen LogP contribution in [0, 0.1) is 0 Å². The van der Waals surface area contributed by atoms with E-state index in [-0.39, 0.29) is 0 Å². The SMILES string of the molecule is CCNCc1occc1-c1nccnc1OC. The van der Waals surface area contributed by atoms with Crippen molar-refractivity contribution in [2.45, 2.75) is 13.5 Å². The predicted molar refractivity (Wildman–Crippen MR) is 63.7 cm³/mol. The highest BCUT2D eigenvalue weighted by Crippen LogP contribution is 2.28. The van der Waals surface area contributed by atoms with E-state index in [9.17, 15) is 0 Å². The van der Waals surface area contributed by atoms with Crippen LogP contribution in [0.15, 0.2) is 29.1 Å². The zero-order valence-corrected chi connectivity index (χ0v) is 9.93. The lowest BCUT2D eigenvalue weighted by Gasteiger charge is -2.06. The van der Waals surface area contributed by atoms with Gasteiger partial charge >= 0.3 is 0 Å². The Kier molecular flexibility index (Phi) is 3.72. The van der Waals surface area contributed by atoms with Crippen molar-refractivity contribution in [3.05, 3.63) is 30.5 Å². The Labute approximate surface area is 99.8 Å². The first kappa shape index (κ1) is 11.6. The Morgan fingerprint density at radius 2 is 2.18 bits per heavy atom. The summed E-state index contributed by atoms with van der Waals surface area (Å²) in [7, 11) is 1.58. The molecule has 90 valence electrons. The molecule has 17 heavy (non-hydrogen) atoms. The molecule has 2 heterocycles. The van der Waals surface area contributed by atoms with Gasteiger partial charge in [-0.25, -0.2) is 9.97 Å². The molecule has 0 aliphatic rings. The molecule has 1 N–H and O–H groups in total. The highest BCUT2D eigenvalue weighted by molar-refractivity contribution is 5.65. The number of nitrogens with zero attached hydrogens (tertiary/aromatic N) is 2. The van der Waals surface area contributed by atoms with Crippen molar-refractivity contribution in [1.82, 2.24) is 15.3 Å². The first-order chi connectivity index (χ1) is 8.36. The maximum atomic E-state index is 5.43. The van der Waals surface area contributed by atoms with Crippen molar-refractivity contribution in [1.29, 1.82) is 0 Å². The largest absolute Gasteiger partial charge is 0.479 e. The molecular weight excluding hydrogens is 218 g/mol. The summed E-state index contributed by atoms with van der Waals surface area (Å²) in [6, 6.07) is 1.87. The molecule has 2 aromatic heterocycles. The van der Waals surface area contributed by atoms with Crippen molar-refractivity contribution >= 4 is 0 Å². The number of aromatic nitrogens is 2. The molecule has 0 saturated carbocycles. The second-order valence-electron chi connectivity index (χ2n) is 3.45. The van der Waals surface area contributed by atoms with E-state index in [2.05, 4.69) is 15.3 Å². The van der Waals surface area contributed by atoms with Crippen LogP contribution in [0.1, 0.15) is 12.7 Å². The molecule has 2 rings (SSSR count). The number of hydrogen-bond donors (Lipinski definition) is 1. The van der Waals surface area contributed by atoms with E-state index in [1.54, 1.807) is 25.8 Å². The first-order valence-electron chi connectivity index (χ1n) is 5.49. The summed E-state index contributed by atoms with van der Waals surface area (Å²) in [5.41, 5.74) is 1.62. The summed E-state index contributed by atoms with van der Waals surface area (Å²) in [6.45, 7) is 3.60. The van der Waals surface area contributed by atoms with Crippen molar-refractivity contribution in [2.75, 3.05) is 13.7 Å². The average molecular weight is 233 g/mol. The van der Waals surface area contributed by atoms with Crippen LogP contribution >= 0.6 is 0 Å². The van der Waals surface area contributed by atoms with Gasteiger partial charge in [0.2, 0.25) is 5.88 Å². The van der Waals surface area contributed by atoms with E-state index in [0.717, 1.165) is 17.9 Å². The zero-order chi connectivity index (χ0) is 12.1. The summed E-state index contributed by atoms with van der Waals surface area (Å²) in [6.07, 6.45) is 4.89. The van der Waals surface area contributed by atoms with Gasteiger partial charge in [-0.15, -0.1) is 0 Å². The van der Waals surface area contributed by atoms with Gasteiger partial charge in [-0.2, -0.15) is 0 Å². The molecule has 0 saturated heterocycles. The van der Waals surface area contributed by atoms with E-state index in [0.29, 0.717) is 18.1 Å². The monoisotopic (exact) mass is 233 g/mol. The second kappa shape index (κ2) is 5.45. The Bertz CT molecular complexity index is 482. The molecule has 2 aromatic rings. The Balaban J connectivity index is 2.35. The van der Waals surface area contributed by atoms with Gasteiger partial charge in [0.1, 0.15) is 11.5 Å². The van der Waals surface area contributed by atoms with Crippen LogP contribution in [0.2, 0.25) is 0 Å². The van der Waals surface area contributed by atoms with Gasteiger partial charge in [-0.05, 0) is 12.6 Å². The Morgan fingerprint density at radius 1 is 1.35 bits per heavy atom. The topological polar surface area (TPSA) is 60.2 Å². The zero-order valence-electron chi connectivity index (χ0n) is 9.93. The fourth-order valence-corrected chi connectivity index (χ4v) is 1.59. The number of methoxy groups -OCH3 is 1. The van der Waals surface area contributed by atoms with E-state index >= 15 is 0 Å². The molecule has 0 bridgehead atoms. The standard InChI is InChI=1S/C12H15N3O2/c1-3-13-8-10-9(4-7-17-10)11-12(16-2)15-6-5-14-11/h4-7,13H,3,8H2,1-2H3. The minimum absolute atomic E-state index is 0.506. The van der Waals surface area contributed by atoms with Crippen LogP contribution in [-0.2, 0) is 6.54 Å². The van der Waals surface area contributed by atoms with Gasteiger partial charge in [0.15, 0.2) is 0 Å². The quantitative estimate of drug-likeness (QED) is 0.854. The Morgan fingerprint density at radius 3 is 2.94 bits per heavy atom. The maximum Gasteiger partial charge on any atom is 0.240 e. The number of rotatable bonds is 5. The lowest BCUT2D eigenvalue weighted by atomic mass is 10.2. The van der Waals surface area contributed by atoms with Crippen LogP contribution in [0.4, 0.5) is 0 Å². The van der Waals surface area contributed by atoms with Crippen molar-refractivity contribution in [2.24, 2.45) is 0 Å². The number of furan rings is 1. The van der Waals surface area contributed by atoms with Gasteiger partial charge < -0.3 is 14.5 Å². The minimum Gasteiger partial charge on any atom is -0.479 e. The smallest absolute Gasteiger partial charge is 0.240 e. The second-order valence-corrected chi connectivity index (χ2v) is 3.45. The molecule has 5 nitrogen and oxygen atoms in total. The van der Waals surface area contributed by atoms with Gasteiger partial charge in [0.25, 0.3) is 0 Å². The summed E-state index contributed by atoms with van der Waals surface area (Å²) in [4.78, 5) is 8.41. The predicted octanol–water partition coefficient (Wildman–Crippen LogP) is 1.85. The van der Waals surface area contributed by atoms with Gasteiger partial charge in [0, 0.05) is 18.0 Å². The molecule has 0 atom stereocenters. The van der Waals surface area contributed by atoms with Crippen LogP contribution in [0.25, 0.3) is 11.3 Å². The van der Waals surface area contributed by atoms with Gasteiger partial charge in [-0.1, -0.05) is 6.92 Å². The fourth-order valence-electron chi connectivity index (χ4n) is 1.59. The van der Waals surface area contributed by atoms with E-state index in [4.69, 9.17) is 9.15 Å². The van der Waals surface area contributed by atoms with E-state index < -0.39 is 0 Å². The van der Waals surface area contributed by atoms with Crippen molar-refractivity contribution < 1.29 is 9.15 Å². The van der Waals surface area contributed by atoms with Crippen molar-refractivity contribution in [3.63, 3.8) is 0 Å². The lowest BCUT2D eigenvalue weighted by Crippen LogP contribution is -2.11. The normalized spacial score (nSPS) is 10.5. The number of ether oxygens (including phenoxy) is 1. The fraction of sp³-hybridized carbons (Fsp3) is 0.333. The third-order valence-corrected chi connectivity index (χ3v) is 2.39. The molecule has 0 aromatic carbocycles. The highest BCUT2D eigenvalue weighted by atomic mass is 16.5. The van der Waals surface area contributed by atoms with E-state index in [1.807, 2.05) is 13.0 Å². The molecule has 0 aliphatic heterocycles. The Hall–Kier alpha value is -1.88. The summed E-state index contributed by atoms with van der Waals surface area (Å²) in [5, 5.41) is 3.22. The molecule has 0 aliphatic carbocycles. The minimum atomic E-state index is 0.506. The average Bonchev–Trinajstić information content (AvgIpc) is 2.84.